The third-order valence-corrected chi connectivity index (χ3v) is 4.42. The topological polar surface area (TPSA) is 30.5 Å². The number of benzene rings is 2. The number of hydrogen-bond acceptors (Lipinski definition) is 3. The number of ether oxygens (including phenoxy) is 2. The second kappa shape index (κ2) is 7.71. The van der Waals surface area contributed by atoms with Gasteiger partial charge in [-0.25, -0.2) is 0 Å². The Morgan fingerprint density at radius 1 is 1.09 bits per heavy atom. The maximum Gasteiger partial charge on any atom is 0.127 e. The molecular weight excluding hydrogens is 310 g/mol. The van der Waals surface area contributed by atoms with Crippen molar-refractivity contribution >= 4 is 12.4 Å². The monoisotopic (exact) mass is 333 g/mol. The minimum Gasteiger partial charge on any atom is -0.497 e. The van der Waals surface area contributed by atoms with Gasteiger partial charge in [0, 0.05) is 30.1 Å². The number of aryl methyl sites for hydroxylation is 1. The quantitative estimate of drug-likeness (QED) is 0.864. The molecule has 0 unspecified atom stereocenters. The second-order valence-electron chi connectivity index (χ2n) is 5.87. The lowest BCUT2D eigenvalue weighted by atomic mass is 10.1. The summed E-state index contributed by atoms with van der Waals surface area (Å²) in [6.45, 7) is 2.93. The predicted octanol–water partition coefficient (Wildman–Crippen LogP) is 4.08. The highest BCUT2D eigenvalue weighted by molar-refractivity contribution is 5.85. The van der Waals surface area contributed by atoms with Gasteiger partial charge in [-0.3, -0.25) is 0 Å². The fraction of sp³-hybridized carbons (Fsp3) is 0.368. The van der Waals surface area contributed by atoms with E-state index in [0.717, 1.165) is 18.0 Å². The number of rotatable bonds is 6. The predicted molar refractivity (Wildman–Crippen MR) is 96.0 cm³/mol. The first-order chi connectivity index (χ1) is 10.7. The fourth-order valence-electron chi connectivity index (χ4n) is 3.00. The molecule has 0 amide bonds. The lowest BCUT2D eigenvalue weighted by Gasteiger charge is -2.14. The van der Waals surface area contributed by atoms with Crippen molar-refractivity contribution in [2.45, 2.75) is 31.8 Å². The zero-order valence-electron chi connectivity index (χ0n) is 13.8. The highest BCUT2D eigenvalue weighted by atomic mass is 35.5. The van der Waals surface area contributed by atoms with Crippen LogP contribution in [0, 0.1) is 6.92 Å². The highest BCUT2D eigenvalue weighted by Gasteiger charge is 2.37. The summed E-state index contributed by atoms with van der Waals surface area (Å²) in [4.78, 5) is 0. The van der Waals surface area contributed by atoms with E-state index in [9.17, 15) is 0 Å². The Balaban J connectivity index is 0.00000192. The fourth-order valence-corrected chi connectivity index (χ4v) is 3.00. The molecule has 0 saturated heterocycles. The molecule has 1 fully saturated rings. The largest absolute Gasteiger partial charge is 0.497 e. The van der Waals surface area contributed by atoms with Gasteiger partial charge >= 0.3 is 0 Å². The van der Waals surface area contributed by atoms with Gasteiger partial charge < -0.3 is 14.8 Å². The SMILES string of the molecule is COc1cc(C)c(CN[C@@H]2C[C@H]2c2ccccc2)c(OC)c1.Cl. The molecule has 0 heterocycles. The van der Waals surface area contributed by atoms with Gasteiger partial charge in [0.05, 0.1) is 14.2 Å². The van der Waals surface area contributed by atoms with Gasteiger partial charge in [0.25, 0.3) is 0 Å². The van der Waals surface area contributed by atoms with Gasteiger partial charge in [-0.1, -0.05) is 30.3 Å². The van der Waals surface area contributed by atoms with E-state index < -0.39 is 0 Å². The summed E-state index contributed by atoms with van der Waals surface area (Å²) in [5.41, 5.74) is 3.83. The third kappa shape index (κ3) is 3.98. The normalized spacial score (nSPS) is 18.9. The number of methoxy groups -OCH3 is 2. The number of nitrogens with one attached hydrogen (secondary N) is 1. The van der Waals surface area contributed by atoms with Gasteiger partial charge in [0.2, 0.25) is 0 Å². The molecule has 0 radical (unpaired) electrons. The summed E-state index contributed by atoms with van der Waals surface area (Å²) in [5.74, 6) is 2.37. The van der Waals surface area contributed by atoms with Crippen molar-refractivity contribution in [1.82, 2.24) is 5.32 Å². The maximum absolute atomic E-state index is 5.51. The van der Waals surface area contributed by atoms with Gasteiger partial charge in [0.1, 0.15) is 11.5 Å². The van der Waals surface area contributed by atoms with Crippen molar-refractivity contribution in [3.05, 3.63) is 59.2 Å². The van der Waals surface area contributed by atoms with E-state index in [4.69, 9.17) is 9.47 Å². The zero-order valence-corrected chi connectivity index (χ0v) is 14.7. The van der Waals surface area contributed by atoms with Crippen LogP contribution < -0.4 is 14.8 Å². The average molecular weight is 334 g/mol. The Morgan fingerprint density at radius 2 is 1.83 bits per heavy atom. The molecule has 2 atom stereocenters. The molecule has 0 bridgehead atoms. The Kier molecular flexibility index (Phi) is 5.91. The van der Waals surface area contributed by atoms with E-state index in [1.807, 2.05) is 6.07 Å². The first-order valence-electron chi connectivity index (χ1n) is 7.72. The lowest BCUT2D eigenvalue weighted by molar-refractivity contribution is 0.389. The van der Waals surface area contributed by atoms with E-state index in [2.05, 4.69) is 48.6 Å². The molecule has 23 heavy (non-hydrogen) atoms. The van der Waals surface area contributed by atoms with Crippen molar-refractivity contribution in [2.24, 2.45) is 0 Å². The Hall–Kier alpha value is -1.71. The molecule has 1 aliphatic carbocycles. The van der Waals surface area contributed by atoms with Crippen LogP contribution in [-0.2, 0) is 6.54 Å². The molecule has 3 rings (SSSR count). The summed E-state index contributed by atoms with van der Waals surface area (Å²) >= 11 is 0. The lowest BCUT2D eigenvalue weighted by Crippen LogP contribution is -2.18. The van der Waals surface area contributed by atoms with Crippen LogP contribution in [0.4, 0.5) is 0 Å². The van der Waals surface area contributed by atoms with E-state index in [-0.39, 0.29) is 12.4 Å². The van der Waals surface area contributed by atoms with Crippen molar-refractivity contribution in [2.75, 3.05) is 14.2 Å². The van der Waals surface area contributed by atoms with Crippen LogP contribution in [0.1, 0.15) is 29.0 Å². The van der Waals surface area contributed by atoms with Crippen LogP contribution in [0.25, 0.3) is 0 Å². The van der Waals surface area contributed by atoms with Crippen molar-refractivity contribution in [1.29, 1.82) is 0 Å². The van der Waals surface area contributed by atoms with Crippen molar-refractivity contribution in [3.63, 3.8) is 0 Å². The summed E-state index contributed by atoms with van der Waals surface area (Å²) < 4.78 is 10.8. The molecular formula is C19H24ClNO2. The molecule has 1 saturated carbocycles. The molecule has 0 aromatic heterocycles. The van der Waals surface area contributed by atoms with Crippen LogP contribution in [0.3, 0.4) is 0 Å². The molecule has 0 aliphatic heterocycles. The molecule has 0 spiro atoms. The van der Waals surface area contributed by atoms with Crippen LogP contribution in [0.15, 0.2) is 42.5 Å². The molecule has 1 aliphatic rings. The molecule has 2 aromatic rings. The number of halogens is 1. The number of hydrogen-bond donors (Lipinski definition) is 1. The van der Waals surface area contributed by atoms with Crippen LogP contribution >= 0.6 is 12.4 Å². The standard InChI is InChI=1S/C19H23NO2.ClH/c1-13-9-15(21-2)10-19(22-3)17(13)12-20-18-11-16(18)14-7-5-4-6-8-14;/h4-10,16,18,20H,11-12H2,1-3H3;1H/t16-,18+;/m0./s1. The van der Waals surface area contributed by atoms with Crippen LogP contribution in [0.2, 0.25) is 0 Å². The zero-order chi connectivity index (χ0) is 15.5. The first-order valence-corrected chi connectivity index (χ1v) is 7.72. The van der Waals surface area contributed by atoms with Gasteiger partial charge in [-0.15, -0.1) is 12.4 Å². The van der Waals surface area contributed by atoms with Gasteiger partial charge in [-0.05, 0) is 30.5 Å². The highest BCUT2D eigenvalue weighted by Crippen LogP contribution is 2.41. The maximum atomic E-state index is 5.51. The van der Waals surface area contributed by atoms with Crippen molar-refractivity contribution in [3.8, 4) is 11.5 Å². The van der Waals surface area contributed by atoms with Crippen LogP contribution in [0.5, 0.6) is 11.5 Å². The van der Waals surface area contributed by atoms with Crippen molar-refractivity contribution < 1.29 is 9.47 Å². The van der Waals surface area contributed by atoms with Gasteiger partial charge in [-0.2, -0.15) is 0 Å². The first kappa shape index (κ1) is 17.6. The smallest absolute Gasteiger partial charge is 0.127 e. The molecule has 1 N–H and O–H groups in total. The Labute approximate surface area is 144 Å². The summed E-state index contributed by atoms with van der Waals surface area (Å²) in [6.07, 6.45) is 1.21. The summed E-state index contributed by atoms with van der Waals surface area (Å²) in [5, 5.41) is 3.65. The van der Waals surface area contributed by atoms with E-state index >= 15 is 0 Å². The van der Waals surface area contributed by atoms with E-state index in [1.54, 1.807) is 14.2 Å². The third-order valence-electron chi connectivity index (χ3n) is 4.42. The van der Waals surface area contributed by atoms with Crippen LogP contribution in [-0.4, -0.2) is 20.3 Å². The average Bonchev–Trinajstić information content (AvgIpc) is 3.33. The minimum absolute atomic E-state index is 0. The summed E-state index contributed by atoms with van der Waals surface area (Å²) in [6, 6.07) is 15.3. The summed E-state index contributed by atoms with van der Waals surface area (Å²) in [7, 11) is 3.39. The minimum atomic E-state index is 0. The second-order valence-corrected chi connectivity index (χ2v) is 5.87. The Bertz CT molecular complexity index is 645. The molecule has 3 nitrogen and oxygen atoms in total. The Morgan fingerprint density at radius 3 is 2.48 bits per heavy atom. The van der Waals surface area contributed by atoms with E-state index in [1.165, 1.54) is 23.1 Å². The molecule has 124 valence electrons. The van der Waals surface area contributed by atoms with Gasteiger partial charge in [0.15, 0.2) is 0 Å². The molecule has 4 heteroatoms. The van der Waals surface area contributed by atoms with E-state index in [0.29, 0.717) is 12.0 Å². The molecule has 2 aromatic carbocycles.